The molecule has 2 aromatic heterocycles. The van der Waals surface area contributed by atoms with Crippen molar-refractivity contribution in [1.29, 1.82) is 0 Å². The van der Waals surface area contributed by atoms with Crippen LogP contribution in [0.1, 0.15) is 33.9 Å². The van der Waals surface area contributed by atoms with Crippen LogP contribution in [0.5, 0.6) is 0 Å². The number of amides is 1. The highest BCUT2D eigenvalue weighted by molar-refractivity contribution is 7.10. The summed E-state index contributed by atoms with van der Waals surface area (Å²) in [5.74, 6) is -1.62. The van der Waals surface area contributed by atoms with Gasteiger partial charge < -0.3 is 10.6 Å². The van der Waals surface area contributed by atoms with Gasteiger partial charge in [-0.2, -0.15) is 18.3 Å². The van der Waals surface area contributed by atoms with E-state index < -0.39 is 30.0 Å². The van der Waals surface area contributed by atoms with Crippen LogP contribution in [0.3, 0.4) is 0 Å². The Bertz CT molecular complexity index is 1100. The third kappa shape index (κ3) is 3.86. The van der Waals surface area contributed by atoms with Crippen molar-refractivity contribution < 1.29 is 22.4 Å². The lowest BCUT2D eigenvalue weighted by atomic mass is 10.0. The Morgan fingerprint density at radius 2 is 2.07 bits per heavy atom. The molecule has 3 aromatic rings. The summed E-state index contributed by atoms with van der Waals surface area (Å²) in [4.78, 5) is 13.3. The van der Waals surface area contributed by atoms with Crippen molar-refractivity contribution >= 4 is 52.0 Å². The number of halogens is 6. The lowest BCUT2D eigenvalue weighted by Crippen LogP contribution is -2.35. The van der Waals surface area contributed by atoms with E-state index in [0.717, 1.165) is 6.07 Å². The molecule has 0 bridgehead atoms. The predicted octanol–water partition coefficient (Wildman–Crippen LogP) is 6.30. The fraction of sp³-hybridized carbons (Fsp3) is 0.222. The molecular formula is C18H12Cl2F4N4OS. The van der Waals surface area contributed by atoms with Gasteiger partial charge in [0.2, 0.25) is 0 Å². The first-order chi connectivity index (χ1) is 14.1. The molecule has 0 spiro atoms. The van der Waals surface area contributed by atoms with Gasteiger partial charge in [0.05, 0.1) is 11.1 Å². The molecule has 158 valence electrons. The van der Waals surface area contributed by atoms with Gasteiger partial charge in [-0.05, 0) is 29.6 Å². The number of carbonyl (C=O) groups excluding carboxylic acids is 1. The van der Waals surface area contributed by atoms with Crippen molar-refractivity contribution in [2.24, 2.45) is 0 Å². The Labute approximate surface area is 181 Å². The lowest BCUT2D eigenvalue weighted by Gasteiger charge is -2.32. The number of nitrogens with zero attached hydrogens (tertiary/aromatic N) is 2. The second-order valence-electron chi connectivity index (χ2n) is 6.54. The normalized spacial score (nSPS) is 18.6. The van der Waals surface area contributed by atoms with Gasteiger partial charge >= 0.3 is 6.18 Å². The summed E-state index contributed by atoms with van der Waals surface area (Å²) < 4.78 is 55.2. The van der Waals surface area contributed by atoms with Crippen molar-refractivity contribution in [2.75, 3.05) is 10.6 Å². The average Bonchev–Trinajstić information content (AvgIpc) is 3.32. The minimum atomic E-state index is -4.60. The molecule has 0 radical (unpaired) electrons. The van der Waals surface area contributed by atoms with Gasteiger partial charge in [0.15, 0.2) is 11.7 Å². The molecule has 2 atom stereocenters. The van der Waals surface area contributed by atoms with Crippen LogP contribution in [-0.2, 0) is 0 Å². The predicted molar refractivity (Wildman–Crippen MR) is 107 cm³/mol. The zero-order valence-electron chi connectivity index (χ0n) is 14.8. The minimum absolute atomic E-state index is 0.0917. The summed E-state index contributed by atoms with van der Waals surface area (Å²) in [6, 6.07) is 4.34. The largest absolute Gasteiger partial charge is 0.410 e. The molecule has 2 N–H and O–H groups in total. The van der Waals surface area contributed by atoms with E-state index in [0.29, 0.717) is 9.56 Å². The molecule has 3 heterocycles. The second-order valence-corrected chi connectivity index (χ2v) is 8.31. The van der Waals surface area contributed by atoms with Crippen LogP contribution in [0.2, 0.25) is 10.0 Å². The molecule has 1 aromatic carbocycles. The molecule has 4 rings (SSSR count). The van der Waals surface area contributed by atoms with Gasteiger partial charge in [-0.15, -0.1) is 11.3 Å². The Kier molecular flexibility index (Phi) is 5.41. The van der Waals surface area contributed by atoms with E-state index >= 15 is 0 Å². The van der Waals surface area contributed by atoms with Crippen LogP contribution in [0.15, 0.2) is 35.7 Å². The summed E-state index contributed by atoms with van der Waals surface area (Å²) in [7, 11) is 0. The number of thiophene rings is 1. The highest BCUT2D eigenvalue weighted by Crippen LogP contribution is 2.46. The fourth-order valence-electron chi connectivity index (χ4n) is 3.17. The molecule has 0 fully saturated rings. The number of nitrogens with one attached hydrogen (secondary N) is 2. The van der Waals surface area contributed by atoms with Gasteiger partial charge in [-0.3, -0.25) is 4.79 Å². The first-order valence-corrected chi connectivity index (χ1v) is 10.2. The van der Waals surface area contributed by atoms with Crippen LogP contribution >= 0.6 is 34.5 Å². The van der Waals surface area contributed by atoms with Crippen LogP contribution < -0.4 is 10.6 Å². The van der Waals surface area contributed by atoms with Crippen LogP contribution in [0, 0.1) is 5.82 Å². The van der Waals surface area contributed by atoms with Crippen LogP contribution in [-0.4, -0.2) is 21.9 Å². The summed E-state index contributed by atoms with van der Waals surface area (Å²) >= 11 is 13.2. The standard InChI is InChI=1S/C18H12Cl2F4N4OS/c19-9-6-8(3-4-10(9)21)25-17(29)15-14(20)16-26-11(12-2-1-5-30-12)7-13(18(22,23)24)28(16)27-15/h1-6,11,13,26H,7H2,(H,25,29)/t11-,13-/m0/s1. The number of rotatable bonds is 3. The summed E-state index contributed by atoms with van der Waals surface area (Å²) in [5.41, 5.74) is -0.245. The Morgan fingerprint density at radius 3 is 2.70 bits per heavy atom. The van der Waals surface area contributed by atoms with Crippen LogP contribution in [0.25, 0.3) is 0 Å². The molecule has 0 unspecified atom stereocenters. The van der Waals surface area contributed by atoms with E-state index in [1.54, 1.807) is 17.5 Å². The van der Waals surface area contributed by atoms with Crippen molar-refractivity contribution in [1.82, 2.24) is 9.78 Å². The maximum Gasteiger partial charge on any atom is 0.410 e. The van der Waals surface area contributed by atoms with Gasteiger partial charge in [0, 0.05) is 17.0 Å². The topological polar surface area (TPSA) is 59.0 Å². The zero-order valence-corrected chi connectivity index (χ0v) is 17.1. The van der Waals surface area contributed by atoms with Gasteiger partial charge in [0.1, 0.15) is 16.7 Å². The third-order valence-corrected chi connectivity index (χ3v) is 6.21. The Balaban J connectivity index is 1.69. The van der Waals surface area contributed by atoms with Gasteiger partial charge in [-0.25, -0.2) is 9.07 Å². The smallest absolute Gasteiger partial charge is 0.361 e. The maximum atomic E-state index is 13.7. The number of anilines is 2. The number of alkyl halides is 3. The summed E-state index contributed by atoms with van der Waals surface area (Å²) in [6.07, 6.45) is -4.90. The minimum Gasteiger partial charge on any atom is -0.361 e. The third-order valence-electron chi connectivity index (χ3n) is 4.57. The molecule has 12 heteroatoms. The fourth-order valence-corrected chi connectivity index (χ4v) is 4.41. The van der Waals surface area contributed by atoms with E-state index in [1.807, 2.05) is 0 Å². The number of hydrogen-bond donors (Lipinski definition) is 2. The summed E-state index contributed by atoms with van der Waals surface area (Å²) in [5, 5.41) is 10.5. The van der Waals surface area contributed by atoms with Crippen molar-refractivity contribution in [3.63, 3.8) is 0 Å². The molecule has 0 saturated heterocycles. The van der Waals surface area contributed by atoms with Crippen molar-refractivity contribution in [3.8, 4) is 0 Å². The highest BCUT2D eigenvalue weighted by atomic mass is 35.5. The molecule has 1 aliphatic heterocycles. The number of carbonyl (C=O) groups is 1. The average molecular weight is 479 g/mol. The Hall–Kier alpha value is -2.30. The van der Waals surface area contributed by atoms with E-state index in [-0.39, 0.29) is 33.7 Å². The highest BCUT2D eigenvalue weighted by Gasteiger charge is 2.48. The van der Waals surface area contributed by atoms with E-state index in [1.165, 1.54) is 23.5 Å². The molecule has 0 saturated carbocycles. The van der Waals surface area contributed by atoms with E-state index in [4.69, 9.17) is 23.2 Å². The SMILES string of the molecule is O=C(Nc1ccc(F)c(Cl)c1)c1nn2c(c1Cl)N[C@H](c1cccs1)C[C@H]2C(F)(F)F. The quantitative estimate of drug-likeness (QED) is 0.434. The van der Waals surface area contributed by atoms with Crippen LogP contribution in [0.4, 0.5) is 29.1 Å². The van der Waals surface area contributed by atoms with Gasteiger partial charge in [0.25, 0.3) is 5.91 Å². The first-order valence-electron chi connectivity index (χ1n) is 8.56. The lowest BCUT2D eigenvalue weighted by molar-refractivity contribution is -0.173. The molecule has 1 aliphatic rings. The Morgan fingerprint density at radius 1 is 1.30 bits per heavy atom. The number of benzene rings is 1. The molecule has 5 nitrogen and oxygen atoms in total. The monoisotopic (exact) mass is 478 g/mol. The number of fused-ring (bicyclic) bond motifs is 1. The number of aromatic nitrogens is 2. The van der Waals surface area contributed by atoms with Gasteiger partial charge in [-0.1, -0.05) is 29.3 Å². The summed E-state index contributed by atoms with van der Waals surface area (Å²) in [6.45, 7) is 0. The molecule has 1 amide bonds. The van der Waals surface area contributed by atoms with E-state index in [2.05, 4.69) is 15.7 Å². The first kappa shape index (κ1) is 21.0. The maximum absolute atomic E-state index is 13.7. The second kappa shape index (κ2) is 7.75. The number of hydrogen-bond acceptors (Lipinski definition) is 4. The molecular weight excluding hydrogens is 467 g/mol. The van der Waals surface area contributed by atoms with E-state index in [9.17, 15) is 22.4 Å². The molecule has 30 heavy (non-hydrogen) atoms. The zero-order chi connectivity index (χ0) is 21.6. The van der Waals surface area contributed by atoms with Crippen molar-refractivity contribution in [3.05, 3.63) is 62.1 Å². The van der Waals surface area contributed by atoms with Crippen molar-refractivity contribution in [2.45, 2.75) is 24.7 Å². The molecule has 0 aliphatic carbocycles.